The van der Waals surface area contributed by atoms with Crippen LogP contribution in [0.1, 0.15) is 17.0 Å². The summed E-state index contributed by atoms with van der Waals surface area (Å²) in [7, 11) is 3.72. The molecule has 1 aliphatic rings. The minimum atomic E-state index is -0.313. The third-order valence-electron chi connectivity index (χ3n) is 4.52. The number of hydrogen-bond acceptors (Lipinski definition) is 4. The quantitative estimate of drug-likeness (QED) is 0.480. The van der Waals surface area contributed by atoms with Gasteiger partial charge in [0, 0.05) is 36.3 Å². The molecule has 0 bridgehead atoms. The Morgan fingerprint density at radius 2 is 1.96 bits per heavy atom. The number of nitrogens with zero attached hydrogens (tertiary/aromatic N) is 4. The maximum Gasteiger partial charge on any atom is 0.235 e. The molecule has 0 N–H and O–H groups in total. The van der Waals surface area contributed by atoms with E-state index < -0.39 is 0 Å². The molecule has 0 saturated carbocycles. The first-order valence-corrected chi connectivity index (χ1v) is 9.12. The predicted octanol–water partition coefficient (Wildman–Crippen LogP) is 4.74. The minimum Gasteiger partial charge on any atom is -0.435 e. The number of ether oxygens (including phenoxy) is 1. The van der Waals surface area contributed by atoms with Crippen LogP contribution in [-0.4, -0.2) is 30.3 Å². The average Bonchev–Trinajstić information content (AvgIpc) is 2.71. The number of halogens is 1. The van der Waals surface area contributed by atoms with Crippen molar-refractivity contribution in [3.63, 3.8) is 0 Å². The number of pyridine rings is 1. The number of aliphatic imine (C=N–C) groups is 1. The Balaban J connectivity index is 1.99. The van der Waals surface area contributed by atoms with Gasteiger partial charge in [0.15, 0.2) is 5.75 Å². The van der Waals surface area contributed by atoms with Crippen molar-refractivity contribution >= 4 is 28.8 Å². The summed E-state index contributed by atoms with van der Waals surface area (Å²) in [6.45, 7) is 0. The van der Waals surface area contributed by atoms with Crippen LogP contribution in [0.3, 0.4) is 0 Å². The molecule has 1 aromatic heterocycles. The second-order valence-electron chi connectivity index (χ2n) is 6.68. The van der Waals surface area contributed by atoms with Crippen molar-refractivity contribution in [3.05, 3.63) is 82.3 Å². The summed E-state index contributed by atoms with van der Waals surface area (Å²) in [5.41, 5.74) is 3.02. The van der Waals surface area contributed by atoms with Gasteiger partial charge in [-0.3, -0.25) is 4.98 Å². The zero-order chi connectivity index (χ0) is 19.7. The highest BCUT2D eigenvalue weighted by Gasteiger charge is 2.33. The molecule has 0 aliphatic carbocycles. The molecule has 4 rings (SSSR count). The lowest BCUT2D eigenvalue weighted by atomic mass is 9.83. The van der Waals surface area contributed by atoms with E-state index in [0.717, 1.165) is 22.0 Å². The molecule has 0 fully saturated rings. The fourth-order valence-electron chi connectivity index (χ4n) is 3.28. The van der Waals surface area contributed by atoms with E-state index in [-0.39, 0.29) is 11.8 Å². The van der Waals surface area contributed by atoms with Crippen LogP contribution < -0.4 is 4.74 Å². The van der Waals surface area contributed by atoms with E-state index in [1.807, 2.05) is 62.6 Å². The fourth-order valence-corrected chi connectivity index (χ4v) is 3.40. The van der Waals surface area contributed by atoms with Crippen molar-refractivity contribution in [3.8, 4) is 11.8 Å². The van der Waals surface area contributed by atoms with Crippen molar-refractivity contribution < 1.29 is 4.74 Å². The van der Waals surface area contributed by atoms with Gasteiger partial charge in [-0.2, -0.15) is 5.26 Å². The fraction of sp³-hybridized carbons (Fsp3) is 0.136. The number of nitriles is 1. The normalized spacial score (nSPS) is 16.0. The average molecular weight is 389 g/mol. The number of fused-ring (bicyclic) bond motifs is 3. The lowest BCUT2D eigenvalue weighted by Gasteiger charge is -2.27. The van der Waals surface area contributed by atoms with Crippen LogP contribution in [0.2, 0.25) is 5.02 Å². The third-order valence-corrected chi connectivity index (χ3v) is 4.77. The molecule has 3 aromatic rings. The van der Waals surface area contributed by atoms with Gasteiger partial charge in [0.2, 0.25) is 5.88 Å². The van der Waals surface area contributed by atoms with Gasteiger partial charge in [0.1, 0.15) is 17.2 Å². The third kappa shape index (κ3) is 3.19. The van der Waals surface area contributed by atoms with Gasteiger partial charge in [0.05, 0.1) is 12.3 Å². The summed E-state index contributed by atoms with van der Waals surface area (Å²) in [5, 5.41) is 11.5. The van der Waals surface area contributed by atoms with Gasteiger partial charge in [-0.05, 0) is 23.8 Å². The second kappa shape index (κ2) is 7.34. The Hall–Kier alpha value is -3.36. The minimum absolute atomic E-state index is 0.279. The summed E-state index contributed by atoms with van der Waals surface area (Å²) in [6, 6.07) is 17.6. The molecule has 0 amide bonds. The molecule has 138 valence electrons. The van der Waals surface area contributed by atoms with E-state index in [2.05, 4.69) is 16.0 Å². The van der Waals surface area contributed by atoms with Gasteiger partial charge < -0.3 is 9.64 Å². The second-order valence-corrected chi connectivity index (χ2v) is 7.12. The molecule has 0 radical (unpaired) electrons. The molecule has 2 aromatic carbocycles. The van der Waals surface area contributed by atoms with Crippen LogP contribution in [0, 0.1) is 11.3 Å². The summed E-state index contributed by atoms with van der Waals surface area (Å²) in [4.78, 5) is 10.7. The van der Waals surface area contributed by atoms with E-state index >= 15 is 0 Å². The molecular formula is C22H17ClN4O. The number of allylic oxidation sites excluding steroid dienone is 1. The summed E-state index contributed by atoms with van der Waals surface area (Å²) >= 11 is 6.07. The molecule has 0 spiro atoms. The molecule has 28 heavy (non-hydrogen) atoms. The van der Waals surface area contributed by atoms with Crippen LogP contribution in [0.15, 0.2) is 71.2 Å². The zero-order valence-corrected chi connectivity index (χ0v) is 16.2. The zero-order valence-electron chi connectivity index (χ0n) is 15.4. The van der Waals surface area contributed by atoms with E-state index in [0.29, 0.717) is 16.3 Å². The monoisotopic (exact) mass is 388 g/mol. The van der Waals surface area contributed by atoms with Crippen LogP contribution in [-0.2, 0) is 0 Å². The van der Waals surface area contributed by atoms with Crippen molar-refractivity contribution in [2.75, 3.05) is 14.1 Å². The first-order valence-electron chi connectivity index (χ1n) is 8.74. The van der Waals surface area contributed by atoms with Crippen LogP contribution in [0.4, 0.5) is 0 Å². The Bertz CT molecular complexity index is 1140. The highest BCUT2D eigenvalue weighted by atomic mass is 35.5. The highest BCUT2D eigenvalue weighted by Crippen LogP contribution is 2.45. The van der Waals surface area contributed by atoms with Crippen molar-refractivity contribution in [1.82, 2.24) is 9.88 Å². The number of rotatable bonds is 3. The van der Waals surface area contributed by atoms with Gasteiger partial charge in [0.25, 0.3) is 0 Å². The van der Waals surface area contributed by atoms with Gasteiger partial charge in [-0.1, -0.05) is 41.9 Å². The summed E-state index contributed by atoms with van der Waals surface area (Å²) in [5.74, 6) is 0.594. The molecular weight excluding hydrogens is 372 g/mol. The van der Waals surface area contributed by atoms with Gasteiger partial charge in [-0.25, -0.2) is 4.99 Å². The van der Waals surface area contributed by atoms with Gasteiger partial charge >= 0.3 is 0 Å². The Kier molecular flexibility index (Phi) is 4.72. The Labute approximate surface area is 168 Å². The van der Waals surface area contributed by atoms with Crippen LogP contribution in [0.25, 0.3) is 10.9 Å². The van der Waals surface area contributed by atoms with Gasteiger partial charge in [-0.15, -0.1) is 0 Å². The lowest BCUT2D eigenvalue weighted by molar-refractivity contribution is 0.397. The highest BCUT2D eigenvalue weighted by molar-refractivity contribution is 6.30. The standard InChI is InChI=1S/C22H17ClN4O/c1-27(2)13-26-22-18(12-24)19(14-5-8-16(23)9-6-14)17-10-7-15-4-3-11-25-20(15)21(17)28-22/h3-11,13,19H,1-2H3/b26-13+. The van der Waals surface area contributed by atoms with Crippen molar-refractivity contribution in [2.24, 2.45) is 4.99 Å². The topological polar surface area (TPSA) is 61.5 Å². The maximum absolute atomic E-state index is 9.93. The number of aromatic nitrogens is 1. The predicted molar refractivity (Wildman–Crippen MR) is 110 cm³/mol. The number of hydrogen-bond donors (Lipinski definition) is 0. The van der Waals surface area contributed by atoms with E-state index in [4.69, 9.17) is 16.3 Å². The number of benzene rings is 2. The largest absolute Gasteiger partial charge is 0.435 e. The van der Waals surface area contributed by atoms with Crippen molar-refractivity contribution in [2.45, 2.75) is 5.92 Å². The Morgan fingerprint density at radius 3 is 2.68 bits per heavy atom. The molecule has 5 nitrogen and oxygen atoms in total. The lowest BCUT2D eigenvalue weighted by Crippen LogP contribution is -2.17. The molecule has 6 heteroatoms. The smallest absolute Gasteiger partial charge is 0.235 e. The first kappa shape index (κ1) is 18.0. The molecule has 2 heterocycles. The first-order chi connectivity index (χ1) is 13.6. The van der Waals surface area contributed by atoms with Crippen molar-refractivity contribution in [1.29, 1.82) is 5.26 Å². The van der Waals surface area contributed by atoms with E-state index in [9.17, 15) is 5.26 Å². The maximum atomic E-state index is 9.93. The SMILES string of the molecule is CN(C)/C=N/C1=C(C#N)C(c2ccc(Cl)cc2)c2ccc3cccnc3c2O1. The van der Waals surface area contributed by atoms with E-state index in [1.165, 1.54) is 0 Å². The van der Waals surface area contributed by atoms with E-state index in [1.54, 1.807) is 17.4 Å². The molecule has 1 aliphatic heterocycles. The van der Waals surface area contributed by atoms with Crippen LogP contribution >= 0.6 is 11.6 Å². The van der Waals surface area contributed by atoms with Crippen LogP contribution in [0.5, 0.6) is 5.75 Å². The molecule has 0 saturated heterocycles. The Morgan fingerprint density at radius 1 is 1.18 bits per heavy atom. The molecule has 1 atom stereocenters. The molecule has 1 unspecified atom stereocenters. The summed E-state index contributed by atoms with van der Waals surface area (Å²) in [6.07, 6.45) is 3.35. The summed E-state index contributed by atoms with van der Waals surface area (Å²) < 4.78 is 6.12.